The van der Waals surface area contributed by atoms with E-state index in [1.807, 2.05) is 61.7 Å². The molecule has 0 bridgehead atoms. The SMILES string of the molecule is COc1cccc(-c2ncc(N3CCOCC3)cc2Nc2c(C)c(-c3ccccn3)nc3cc(F)cc(F)c23)c1. The molecule has 0 amide bonds. The highest BCUT2D eigenvalue weighted by Gasteiger charge is 2.21. The summed E-state index contributed by atoms with van der Waals surface area (Å²) in [5, 5.41) is 3.67. The van der Waals surface area contributed by atoms with E-state index in [0.29, 0.717) is 53.0 Å². The number of hydrogen-bond donors (Lipinski definition) is 1. The number of nitrogens with one attached hydrogen (secondary N) is 1. The van der Waals surface area contributed by atoms with Gasteiger partial charge in [0.15, 0.2) is 0 Å². The van der Waals surface area contributed by atoms with Gasteiger partial charge in [0.05, 0.1) is 71.6 Å². The van der Waals surface area contributed by atoms with Crippen LogP contribution in [0.15, 0.2) is 73.1 Å². The van der Waals surface area contributed by atoms with Crippen LogP contribution in [0, 0.1) is 18.6 Å². The van der Waals surface area contributed by atoms with Gasteiger partial charge in [-0.3, -0.25) is 9.97 Å². The molecule has 40 heavy (non-hydrogen) atoms. The Labute approximate surface area is 230 Å². The summed E-state index contributed by atoms with van der Waals surface area (Å²) in [7, 11) is 1.61. The average molecular weight is 540 g/mol. The van der Waals surface area contributed by atoms with Crippen molar-refractivity contribution >= 4 is 28.0 Å². The molecule has 0 saturated carbocycles. The van der Waals surface area contributed by atoms with E-state index < -0.39 is 11.6 Å². The molecule has 1 aliphatic heterocycles. The molecule has 7 nitrogen and oxygen atoms in total. The van der Waals surface area contributed by atoms with Crippen LogP contribution in [0.25, 0.3) is 33.5 Å². The zero-order valence-corrected chi connectivity index (χ0v) is 22.1. The van der Waals surface area contributed by atoms with Crippen LogP contribution in [0.2, 0.25) is 0 Å². The number of hydrogen-bond acceptors (Lipinski definition) is 7. The molecule has 1 N–H and O–H groups in total. The molecule has 0 radical (unpaired) electrons. The van der Waals surface area contributed by atoms with Gasteiger partial charge in [0, 0.05) is 42.5 Å². The van der Waals surface area contributed by atoms with Crippen LogP contribution in [0.3, 0.4) is 0 Å². The minimum Gasteiger partial charge on any atom is -0.497 e. The maximum atomic E-state index is 15.4. The third kappa shape index (κ3) is 4.91. The van der Waals surface area contributed by atoms with E-state index in [-0.39, 0.29) is 10.9 Å². The van der Waals surface area contributed by atoms with Crippen molar-refractivity contribution in [2.45, 2.75) is 6.92 Å². The summed E-state index contributed by atoms with van der Waals surface area (Å²) < 4.78 is 40.8. The van der Waals surface area contributed by atoms with Gasteiger partial charge in [-0.1, -0.05) is 18.2 Å². The number of ether oxygens (including phenoxy) is 2. The lowest BCUT2D eigenvalue weighted by Gasteiger charge is -2.29. The maximum absolute atomic E-state index is 15.4. The van der Waals surface area contributed by atoms with E-state index >= 15 is 4.39 Å². The topological polar surface area (TPSA) is 72.4 Å². The van der Waals surface area contributed by atoms with Crippen molar-refractivity contribution in [2.24, 2.45) is 0 Å². The first kappa shape index (κ1) is 25.6. The molecule has 5 aromatic rings. The summed E-state index contributed by atoms with van der Waals surface area (Å²) in [4.78, 5) is 16.1. The van der Waals surface area contributed by atoms with Crippen LogP contribution in [0.1, 0.15) is 5.56 Å². The van der Waals surface area contributed by atoms with E-state index in [1.54, 1.807) is 13.3 Å². The second kappa shape index (κ2) is 10.9. The van der Waals surface area contributed by atoms with Crippen LogP contribution in [0.4, 0.5) is 25.8 Å². The minimum atomic E-state index is -0.708. The molecule has 1 fully saturated rings. The van der Waals surface area contributed by atoms with Crippen molar-refractivity contribution in [3.05, 3.63) is 90.3 Å². The van der Waals surface area contributed by atoms with Crippen LogP contribution in [-0.4, -0.2) is 48.4 Å². The van der Waals surface area contributed by atoms with Crippen LogP contribution < -0.4 is 15.0 Å². The van der Waals surface area contributed by atoms with E-state index in [9.17, 15) is 4.39 Å². The standard InChI is InChI=1S/C31H27F2N5O2/c1-19-29(25-8-3-4-9-34-25)36-26-16-21(32)15-24(33)28(26)30(19)37-27-17-22(38-10-12-40-13-11-38)18-35-31(27)20-6-5-7-23(14-20)39-2/h3-9,14-18H,10-13H2,1-2H3,(H,36,37). The molecule has 9 heteroatoms. The lowest BCUT2D eigenvalue weighted by Crippen LogP contribution is -2.36. The summed E-state index contributed by atoms with van der Waals surface area (Å²) >= 11 is 0. The fourth-order valence-corrected chi connectivity index (χ4v) is 4.99. The Bertz CT molecular complexity index is 1690. The van der Waals surface area contributed by atoms with Crippen molar-refractivity contribution in [3.63, 3.8) is 0 Å². The number of benzene rings is 2. The van der Waals surface area contributed by atoms with Crippen molar-refractivity contribution < 1.29 is 18.3 Å². The number of aromatic nitrogens is 3. The quantitative estimate of drug-likeness (QED) is 0.263. The zero-order valence-electron chi connectivity index (χ0n) is 22.1. The summed E-state index contributed by atoms with van der Waals surface area (Å²) in [6, 6.07) is 17.2. The third-order valence-corrected chi connectivity index (χ3v) is 7.01. The van der Waals surface area contributed by atoms with Gasteiger partial charge in [-0.15, -0.1) is 0 Å². The zero-order chi connectivity index (χ0) is 27.6. The molecule has 0 atom stereocenters. The number of methoxy groups -OCH3 is 1. The fourth-order valence-electron chi connectivity index (χ4n) is 4.99. The fraction of sp³-hybridized carbons (Fsp3) is 0.194. The number of halogens is 2. The molecule has 0 aliphatic carbocycles. The molecule has 202 valence electrons. The van der Waals surface area contributed by atoms with Gasteiger partial charge >= 0.3 is 0 Å². The number of morpholine rings is 1. The molecule has 0 unspecified atom stereocenters. The first-order valence-corrected chi connectivity index (χ1v) is 13.0. The van der Waals surface area contributed by atoms with E-state index in [2.05, 4.69) is 20.2 Å². The van der Waals surface area contributed by atoms with Gasteiger partial charge in [0.2, 0.25) is 0 Å². The summed E-state index contributed by atoms with van der Waals surface area (Å²) in [5.74, 6) is -0.722. The molecule has 4 heterocycles. The van der Waals surface area contributed by atoms with Gasteiger partial charge in [-0.2, -0.15) is 0 Å². The minimum absolute atomic E-state index is 0.187. The van der Waals surface area contributed by atoms with Gasteiger partial charge in [0.25, 0.3) is 0 Å². The molecule has 1 aliphatic rings. The number of rotatable bonds is 6. The third-order valence-electron chi connectivity index (χ3n) is 7.01. The number of nitrogens with zero attached hydrogens (tertiary/aromatic N) is 4. The van der Waals surface area contributed by atoms with Gasteiger partial charge in [-0.05, 0) is 37.3 Å². The number of pyridine rings is 3. The van der Waals surface area contributed by atoms with Gasteiger partial charge < -0.3 is 19.7 Å². The van der Waals surface area contributed by atoms with Crippen LogP contribution in [-0.2, 0) is 4.74 Å². The Morgan fingerprint density at radius 3 is 2.58 bits per heavy atom. The van der Waals surface area contributed by atoms with Crippen LogP contribution >= 0.6 is 0 Å². The van der Waals surface area contributed by atoms with E-state index in [0.717, 1.165) is 30.4 Å². The van der Waals surface area contributed by atoms with Crippen molar-refractivity contribution in [2.75, 3.05) is 43.6 Å². The Morgan fingerprint density at radius 1 is 0.950 bits per heavy atom. The second-order valence-corrected chi connectivity index (χ2v) is 9.50. The Kier molecular flexibility index (Phi) is 6.96. The molecule has 0 spiro atoms. The summed E-state index contributed by atoms with van der Waals surface area (Å²) in [5.41, 5.74) is 5.49. The van der Waals surface area contributed by atoms with Gasteiger partial charge in [0.1, 0.15) is 17.4 Å². The van der Waals surface area contributed by atoms with Crippen molar-refractivity contribution in [1.82, 2.24) is 15.0 Å². The molecular formula is C31H27F2N5O2. The van der Waals surface area contributed by atoms with Crippen molar-refractivity contribution in [3.8, 4) is 28.4 Å². The van der Waals surface area contributed by atoms with Crippen molar-refractivity contribution in [1.29, 1.82) is 0 Å². The molecule has 3 aromatic heterocycles. The lowest BCUT2D eigenvalue weighted by molar-refractivity contribution is 0.122. The normalized spacial score (nSPS) is 13.4. The highest BCUT2D eigenvalue weighted by molar-refractivity contribution is 5.99. The highest BCUT2D eigenvalue weighted by atomic mass is 19.1. The summed E-state index contributed by atoms with van der Waals surface area (Å²) in [6.07, 6.45) is 3.49. The Morgan fingerprint density at radius 2 is 1.80 bits per heavy atom. The predicted molar refractivity (Wildman–Crippen MR) is 152 cm³/mol. The first-order valence-electron chi connectivity index (χ1n) is 13.0. The monoisotopic (exact) mass is 539 g/mol. The maximum Gasteiger partial charge on any atom is 0.137 e. The van der Waals surface area contributed by atoms with E-state index in [1.165, 1.54) is 6.07 Å². The second-order valence-electron chi connectivity index (χ2n) is 9.50. The average Bonchev–Trinajstić information content (AvgIpc) is 2.99. The molecule has 1 saturated heterocycles. The lowest BCUT2D eigenvalue weighted by atomic mass is 10.0. The summed E-state index contributed by atoms with van der Waals surface area (Å²) in [6.45, 7) is 4.56. The first-order chi connectivity index (χ1) is 19.5. The number of fused-ring (bicyclic) bond motifs is 1. The smallest absolute Gasteiger partial charge is 0.137 e. The van der Waals surface area contributed by atoms with Gasteiger partial charge in [-0.25, -0.2) is 13.8 Å². The predicted octanol–water partition coefficient (Wildman–Crippen LogP) is 6.53. The van der Waals surface area contributed by atoms with E-state index in [4.69, 9.17) is 14.5 Å². The molecule has 6 rings (SSSR count). The largest absolute Gasteiger partial charge is 0.497 e. The number of anilines is 3. The molecular weight excluding hydrogens is 512 g/mol. The highest BCUT2D eigenvalue weighted by Crippen LogP contribution is 2.40. The Balaban J connectivity index is 1.57. The van der Waals surface area contributed by atoms with Crippen LogP contribution in [0.5, 0.6) is 5.75 Å². The molecule has 2 aromatic carbocycles. The Hall–Kier alpha value is -4.63.